The zero-order chi connectivity index (χ0) is 16.9. The van der Waals surface area contributed by atoms with Crippen LogP contribution in [0.4, 0.5) is 0 Å². The first kappa shape index (κ1) is 17.2. The molecular weight excluding hydrogens is 322 g/mol. The van der Waals surface area contributed by atoms with Gasteiger partial charge in [0.05, 0.1) is 13.4 Å². The fourth-order valence-electron chi connectivity index (χ4n) is 1.69. The van der Waals surface area contributed by atoms with Gasteiger partial charge in [0.25, 0.3) is 5.89 Å². The molecule has 9 heteroatoms. The van der Waals surface area contributed by atoms with Crippen LogP contribution >= 0.6 is 0 Å². The van der Waals surface area contributed by atoms with Crippen LogP contribution in [0.1, 0.15) is 11.7 Å². The Hall–Kier alpha value is -2.13. The Morgan fingerprint density at radius 2 is 1.87 bits per heavy atom. The molecular formula is C14H19N3O5S. The molecule has 0 aliphatic rings. The number of likely N-dealkylation sites (N-methyl/N-ethyl adjacent to an activating group) is 1. The molecule has 0 fully saturated rings. The minimum atomic E-state index is -3.21. The van der Waals surface area contributed by atoms with Crippen molar-refractivity contribution in [2.24, 2.45) is 0 Å². The Labute approximate surface area is 135 Å². The van der Waals surface area contributed by atoms with E-state index in [1.807, 2.05) is 0 Å². The molecule has 8 nitrogen and oxygen atoms in total. The number of benzene rings is 1. The van der Waals surface area contributed by atoms with Gasteiger partial charge in [0.1, 0.15) is 11.5 Å². The molecule has 0 bridgehead atoms. The average molecular weight is 341 g/mol. The summed E-state index contributed by atoms with van der Waals surface area (Å²) in [6.45, 7) is 0.429. The van der Waals surface area contributed by atoms with Crippen LogP contribution in [0.3, 0.4) is 0 Å². The third kappa shape index (κ3) is 5.22. The molecule has 1 aromatic heterocycles. The summed E-state index contributed by atoms with van der Waals surface area (Å²) in [7, 11) is -0.109. The molecule has 0 aliphatic heterocycles. The number of hydrogen-bond donors (Lipinski definition) is 0. The lowest BCUT2D eigenvalue weighted by Gasteiger charge is -2.11. The summed E-state index contributed by atoms with van der Waals surface area (Å²) in [4.78, 5) is 4.16. The van der Waals surface area contributed by atoms with Crippen molar-refractivity contribution < 1.29 is 22.4 Å². The van der Waals surface area contributed by atoms with Crippen LogP contribution in [0.5, 0.6) is 11.5 Å². The van der Waals surface area contributed by atoms with Gasteiger partial charge >= 0.3 is 0 Å². The fraction of sp³-hybridized carbons (Fsp3) is 0.429. The first-order chi connectivity index (χ1) is 10.9. The highest BCUT2D eigenvalue weighted by Crippen LogP contribution is 2.17. The highest BCUT2D eigenvalue weighted by atomic mass is 32.2. The van der Waals surface area contributed by atoms with E-state index in [0.717, 1.165) is 12.0 Å². The van der Waals surface area contributed by atoms with E-state index in [-0.39, 0.29) is 13.2 Å². The van der Waals surface area contributed by atoms with Crippen LogP contribution in [0.25, 0.3) is 0 Å². The molecule has 0 radical (unpaired) electrons. The highest BCUT2D eigenvalue weighted by Gasteiger charge is 2.13. The van der Waals surface area contributed by atoms with Gasteiger partial charge in [-0.2, -0.15) is 4.98 Å². The van der Waals surface area contributed by atoms with E-state index >= 15 is 0 Å². The molecule has 126 valence electrons. The summed E-state index contributed by atoms with van der Waals surface area (Å²) in [5.74, 6) is 2.17. The van der Waals surface area contributed by atoms with Crippen LogP contribution in [-0.4, -0.2) is 49.8 Å². The number of methoxy groups -OCH3 is 1. The summed E-state index contributed by atoms with van der Waals surface area (Å²) < 4.78 is 39.5. The van der Waals surface area contributed by atoms with Crippen molar-refractivity contribution >= 4 is 10.0 Å². The number of hydrogen-bond acceptors (Lipinski definition) is 7. The van der Waals surface area contributed by atoms with E-state index in [1.54, 1.807) is 31.4 Å². The van der Waals surface area contributed by atoms with E-state index in [4.69, 9.17) is 14.0 Å². The molecule has 0 saturated carbocycles. The standard InChI is InChI=1S/C14H19N3O5S/c1-17(23(3,18)19)9-8-13-15-14(22-16-13)10-21-12-6-4-11(20-2)5-7-12/h4-7H,8-10H2,1-3H3. The van der Waals surface area contributed by atoms with E-state index in [9.17, 15) is 8.42 Å². The maximum Gasteiger partial charge on any atom is 0.264 e. The Balaban J connectivity index is 1.84. The van der Waals surface area contributed by atoms with Crippen molar-refractivity contribution in [3.63, 3.8) is 0 Å². The van der Waals surface area contributed by atoms with Crippen molar-refractivity contribution in [1.29, 1.82) is 0 Å². The summed E-state index contributed by atoms with van der Waals surface area (Å²) >= 11 is 0. The summed E-state index contributed by atoms with van der Waals surface area (Å²) in [5.41, 5.74) is 0. The highest BCUT2D eigenvalue weighted by molar-refractivity contribution is 7.88. The molecule has 0 saturated heterocycles. The molecule has 2 aromatic rings. The molecule has 0 N–H and O–H groups in total. The van der Waals surface area contributed by atoms with Gasteiger partial charge in [0, 0.05) is 20.0 Å². The van der Waals surface area contributed by atoms with Gasteiger partial charge in [-0.15, -0.1) is 0 Å². The predicted octanol–water partition coefficient (Wildman–Crippen LogP) is 1.09. The zero-order valence-corrected chi connectivity index (χ0v) is 14.0. The van der Waals surface area contributed by atoms with Crippen LogP contribution in [-0.2, 0) is 23.1 Å². The van der Waals surface area contributed by atoms with Crippen molar-refractivity contribution in [3.05, 3.63) is 36.0 Å². The third-order valence-corrected chi connectivity index (χ3v) is 4.46. The fourth-order valence-corrected chi connectivity index (χ4v) is 2.11. The molecule has 2 rings (SSSR count). The van der Waals surface area contributed by atoms with E-state index < -0.39 is 10.0 Å². The normalized spacial score (nSPS) is 11.7. The van der Waals surface area contributed by atoms with Gasteiger partial charge in [-0.3, -0.25) is 0 Å². The smallest absolute Gasteiger partial charge is 0.264 e. The SMILES string of the molecule is COc1ccc(OCc2nc(CCN(C)S(C)(=O)=O)no2)cc1. The first-order valence-electron chi connectivity index (χ1n) is 6.88. The Morgan fingerprint density at radius 3 is 2.48 bits per heavy atom. The lowest BCUT2D eigenvalue weighted by Crippen LogP contribution is -2.27. The molecule has 0 aliphatic carbocycles. The second-order valence-corrected chi connectivity index (χ2v) is 6.99. The monoisotopic (exact) mass is 341 g/mol. The first-order valence-corrected chi connectivity index (χ1v) is 8.73. The van der Waals surface area contributed by atoms with Crippen LogP contribution in [0.15, 0.2) is 28.8 Å². The van der Waals surface area contributed by atoms with Crippen LogP contribution in [0.2, 0.25) is 0 Å². The third-order valence-electron chi connectivity index (χ3n) is 3.15. The van der Waals surface area contributed by atoms with E-state index in [1.165, 1.54) is 11.4 Å². The summed E-state index contributed by atoms with van der Waals surface area (Å²) in [6, 6.07) is 7.12. The van der Waals surface area contributed by atoms with Gasteiger partial charge < -0.3 is 14.0 Å². The van der Waals surface area contributed by atoms with E-state index in [2.05, 4.69) is 10.1 Å². The summed E-state index contributed by atoms with van der Waals surface area (Å²) in [5, 5.41) is 3.80. The van der Waals surface area contributed by atoms with Gasteiger partial charge in [0.15, 0.2) is 12.4 Å². The van der Waals surface area contributed by atoms with Crippen molar-refractivity contribution in [2.75, 3.05) is 27.0 Å². The Bertz CT molecular complexity index is 727. The van der Waals surface area contributed by atoms with Crippen LogP contribution in [0, 0.1) is 0 Å². The van der Waals surface area contributed by atoms with Crippen molar-refractivity contribution in [3.8, 4) is 11.5 Å². The van der Waals surface area contributed by atoms with Gasteiger partial charge in [-0.25, -0.2) is 12.7 Å². The van der Waals surface area contributed by atoms with Crippen molar-refractivity contribution in [2.45, 2.75) is 13.0 Å². The second kappa shape index (κ2) is 7.42. The van der Waals surface area contributed by atoms with E-state index in [0.29, 0.717) is 23.9 Å². The largest absolute Gasteiger partial charge is 0.497 e. The number of nitrogens with zero attached hydrogens (tertiary/aromatic N) is 3. The number of ether oxygens (including phenoxy) is 2. The molecule has 0 unspecified atom stereocenters. The second-order valence-electron chi connectivity index (χ2n) is 4.90. The quantitative estimate of drug-likeness (QED) is 0.709. The molecule has 0 atom stereocenters. The molecule has 0 spiro atoms. The zero-order valence-electron chi connectivity index (χ0n) is 13.2. The maximum absolute atomic E-state index is 11.3. The van der Waals surface area contributed by atoms with Gasteiger partial charge in [-0.1, -0.05) is 5.16 Å². The molecule has 1 aromatic carbocycles. The lowest BCUT2D eigenvalue weighted by atomic mass is 10.3. The number of rotatable bonds is 8. The minimum Gasteiger partial charge on any atom is -0.497 e. The minimum absolute atomic E-state index is 0.140. The topological polar surface area (TPSA) is 94.8 Å². The van der Waals surface area contributed by atoms with Gasteiger partial charge in [-0.05, 0) is 24.3 Å². The molecule has 1 heterocycles. The van der Waals surface area contributed by atoms with Gasteiger partial charge in [0.2, 0.25) is 10.0 Å². The molecule has 23 heavy (non-hydrogen) atoms. The number of sulfonamides is 1. The maximum atomic E-state index is 11.3. The Kier molecular flexibility index (Phi) is 5.56. The Morgan fingerprint density at radius 1 is 1.22 bits per heavy atom. The summed E-state index contributed by atoms with van der Waals surface area (Å²) in [6.07, 6.45) is 1.52. The predicted molar refractivity (Wildman–Crippen MR) is 82.8 cm³/mol. The molecule has 0 amide bonds. The average Bonchev–Trinajstić information content (AvgIpc) is 2.98. The lowest BCUT2D eigenvalue weighted by molar-refractivity contribution is 0.242. The van der Waals surface area contributed by atoms with Crippen molar-refractivity contribution in [1.82, 2.24) is 14.4 Å². The van der Waals surface area contributed by atoms with Crippen LogP contribution < -0.4 is 9.47 Å². The number of aromatic nitrogens is 2.